The van der Waals surface area contributed by atoms with Crippen molar-refractivity contribution < 1.29 is 19.4 Å². The van der Waals surface area contributed by atoms with E-state index in [1.54, 1.807) is 0 Å². The number of carbonyl (C=O) groups excluding carboxylic acids is 1. The summed E-state index contributed by atoms with van der Waals surface area (Å²) in [4.78, 5) is 25.2. The van der Waals surface area contributed by atoms with Crippen LogP contribution in [0.2, 0.25) is 0 Å². The van der Waals surface area contributed by atoms with E-state index in [9.17, 15) is 4.79 Å². The lowest BCUT2D eigenvalue weighted by molar-refractivity contribution is -0.137. The maximum atomic E-state index is 12.2. The number of hydrogen-bond acceptors (Lipinski definition) is 4. The van der Waals surface area contributed by atoms with Gasteiger partial charge in [0.25, 0.3) is 6.47 Å². The van der Waals surface area contributed by atoms with E-state index in [2.05, 4.69) is 4.90 Å². The van der Waals surface area contributed by atoms with E-state index < -0.39 is 0 Å². The number of piperidine rings is 1. The van der Waals surface area contributed by atoms with Crippen molar-refractivity contribution in [1.29, 1.82) is 0 Å². The SMILES string of the molecule is CCOCC(=O)N(C)CC1(N2CCCCC2)CCCCC1.O=CO. The van der Waals surface area contributed by atoms with Crippen LogP contribution in [0.3, 0.4) is 0 Å². The Morgan fingerprint density at radius 3 is 2.25 bits per heavy atom. The van der Waals surface area contributed by atoms with E-state index in [4.69, 9.17) is 14.6 Å². The monoisotopic (exact) mass is 342 g/mol. The second-order valence-electron chi connectivity index (χ2n) is 6.83. The largest absolute Gasteiger partial charge is 0.483 e. The van der Waals surface area contributed by atoms with Crippen LogP contribution in [0.1, 0.15) is 58.3 Å². The summed E-state index contributed by atoms with van der Waals surface area (Å²) in [7, 11) is 1.95. The Morgan fingerprint density at radius 1 is 1.17 bits per heavy atom. The number of likely N-dealkylation sites (N-methyl/N-ethyl adjacent to an activating group) is 1. The van der Waals surface area contributed by atoms with Crippen LogP contribution in [-0.2, 0) is 14.3 Å². The minimum absolute atomic E-state index is 0.124. The van der Waals surface area contributed by atoms with E-state index in [0.717, 1.165) is 6.54 Å². The number of carboxylic acid groups (broad SMARTS) is 1. The molecule has 0 aromatic heterocycles. The number of nitrogens with zero attached hydrogens (tertiary/aromatic N) is 2. The van der Waals surface area contributed by atoms with Crippen LogP contribution in [0.25, 0.3) is 0 Å². The molecule has 140 valence electrons. The summed E-state index contributed by atoms with van der Waals surface area (Å²) in [5.41, 5.74) is 0.231. The fraction of sp³-hybridized carbons (Fsp3) is 0.889. The van der Waals surface area contributed by atoms with Gasteiger partial charge in [0.05, 0.1) is 0 Å². The maximum absolute atomic E-state index is 12.2. The number of amides is 1. The molecule has 1 amide bonds. The third kappa shape index (κ3) is 6.40. The van der Waals surface area contributed by atoms with Gasteiger partial charge in [-0.15, -0.1) is 0 Å². The van der Waals surface area contributed by atoms with Gasteiger partial charge in [0.1, 0.15) is 6.61 Å². The van der Waals surface area contributed by atoms with Gasteiger partial charge < -0.3 is 14.7 Å². The van der Waals surface area contributed by atoms with Crippen LogP contribution in [-0.4, -0.2) is 72.7 Å². The zero-order chi connectivity index (χ0) is 17.8. The molecule has 0 aromatic rings. The van der Waals surface area contributed by atoms with Gasteiger partial charge in [0.15, 0.2) is 0 Å². The molecule has 1 saturated heterocycles. The topological polar surface area (TPSA) is 70.1 Å². The fourth-order valence-electron chi connectivity index (χ4n) is 3.98. The third-order valence-corrected chi connectivity index (χ3v) is 5.20. The molecule has 2 aliphatic rings. The van der Waals surface area contributed by atoms with Crippen molar-refractivity contribution in [1.82, 2.24) is 9.80 Å². The molecule has 0 spiro atoms. The quantitative estimate of drug-likeness (QED) is 0.751. The van der Waals surface area contributed by atoms with Crippen molar-refractivity contribution in [2.45, 2.75) is 63.8 Å². The first-order valence-corrected chi connectivity index (χ1v) is 9.24. The van der Waals surface area contributed by atoms with Crippen molar-refractivity contribution in [3.05, 3.63) is 0 Å². The highest BCUT2D eigenvalue weighted by molar-refractivity contribution is 5.77. The fourth-order valence-corrected chi connectivity index (χ4v) is 3.98. The van der Waals surface area contributed by atoms with Crippen LogP contribution in [0.5, 0.6) is 0 Å². The average molecular weight is 342 g/mol. The summed E-state index contributed by atoms with van der Waals surface area (Å²) in [5.74, 6) is 0.124. The molecule has 1 heterocycles. The smallest absolute Gasteiger partial charge is 0.290 e. The van der Waals surface area contributed by atoms with Crippen LogP contribution in [0, 0.1) is 0 Å². The van der Waals surface area contributed by atoms with Crippen LogP contribution in [0.4, 0.5) is 0 Å². The van der Waals surface area contributed by atoms with Crippen LogP contribution >= 0.6 is 0 Å². The molecule has 0 radical (unpaired) electrons. The summed E-state index contributed by atoms with van der Waals surface area (Å²) < 4.78 is 5.28. The van der Waals surface area contributed by atoms with E-state index in [-0.39, 0.29) is 24.5 Å². The van der Waals surface area contributed by atoms with Crippen molar-refractivity contribution in [3.63, 3.8) is 0 Å². The van der Waals surface area contributed by atoms with E-state index >= 15 is 0 Å². The Hall–Kier alpha value is -1.14. The number of likely N-dealkylation sites (tertiary alicyclic amines) is 1. The standard InChI is InChI=1S/C17H32N2O2.CH2O2/c1-3-21-14-16(20)18(2)15-17(10-6-4-7-11-17)19-12-8-5-9-13-19;2-1-3/h3-15H2,1-2H3;1H,(H,2,3). The first-order valence-electron chi connectivity index (χ1n) is 9.24. The molecule has 24 heavy (non-hydrogen) atoms. The predicted molar refractivity (Wildman–Crippen MR) is 94.1 cm³/mol. The van der Waals surface area contributed by atoms with E-state index in [1.807, 2.05) is 18.9 Å². The van der Waals surface area contributed by atoms with Crippen LogP contribution in [0.15, 0.2) is 0 Å². The first kappa shape index (κ1) is 20.9. The van der Waals surface area contributed by atoms with E-state index in [0.29, 0.717) is 6.61 Å². The maximum Gasteiger partial charge on any atom is 0.290 e. The number of ether oxygens (including phenoxy) is 1. The molecule has 1 aliphatic heterocycles. The van der Waals surface area contributed by atoms with Gasteiger partial charge in [-0.1, -0.05) is 25.7 Å². The molecule has 2 rings (SSSR count). The van der Waals surface area contributed by atoms with Gasteiger partial charge in [-0.2, -0.15) is 0 Å². The average Bonchev–Trinajstić information content (AvgIpc) is 2.62. The highest BCUT2D eigenvalue weighted by atomic mass is 16.5. The predicted octanol–water partition coefficient (Wildman–Crippen LogP) is 2.37. The Labute approximate surface area is 146 Å². The molecule has 0 aromatic carbocycles. The minimum atomic E-state index is -0.250. The highest BCUT2D eigenvalue weighted by Crippen LogP contribution is 2.36. The lowest BCUT2D eigenvalue weighted by Crippen LogP contribution is -2.58. The van der Waals surface area contributed by atoms with Crippen molar-refractivity contribution in [3.8, 4) is 0 Å². The molecular formula is C18H34N2O4. The first-order chi connectivity index (χ1) is 11.6. The van der Waals surface area contributed by atoms with Gasteiger partial charge in [-0.25, -0.2) is 0 Å². The number of carbonyl (C=O) groups is 2. The Kier molecular flexibility index (Phi) is 9.95. The zero-order valence-corrected chi connectivity index (χ0v) is 15.3. The number of rotatable bonds is 6. The lowest BCUT2D eigenvalue weighted by Gasteiger charge is -2.49. The summed E-state index contributed by atoms with van der Waals surface area (Å²) >= 11 is 0. The summed E-state index contributed by atoms with van der Waals surface area (Å²) in [5, 5.41) is 6.89. The van der Waals surface area contributed by atoms with Crippen molar-refractivity contribution >= 4 is 12.4 Å². The second-order valence-corrected chi connectivity index (χ2v) is 6.83. The third-order valence-electron chi connectivity index (χ3n) is 5.20. The molecule has 6 heteroatoms. The molecule has 0 unspecified atom stereocenters. The van der Waals surface area contributed by atoms with Crippen molar-refractivity contribution in [2.24, 2.45) is 0 Å². The molecule has 1 saturated carbocycles. The molecule has 1 aliphatic carbocycles. The van der Waals surface area contributed by atoms with Crippen LogP contribution < -0.4 is 0 Å². The Bertz CT molecular complexity index is 364. The van der Waals surface area contributed by atoms with Gasteiger partial charge in [0, 0.05) is 25.7 Å². The van der Waals surface area contributed by atoms with Gasteiger partial charge in [-0.3, -0.25) is 14.5 Å². The van der Waals surface area contributed by atoms with E-state index in [1.165, 1.54) is 64.5 Å². The highest BCUT2D eigenvalue weighted by Gasteiger charge is 2.39. The molecule has 6 nitrogen and oxygen atoms in total. The van der Waals surface area contributed by atoms with Crippen molar-refractivity contribution in [2.75, 3.05) is 39.9 Å². The number of hydrogen-bond donors (Lipinski definition) is 1. The molecule has 2 fully saturated rings. The molecule has 0 bridgehead atoms. The summed E-state index contributed by atoms with van der Waals surface area (Å²) in [6, 6.07) is 0. The minimum Gasteiger partial charge on any atom is -0.483 e. The summed E-state index contributed by atoms with van der Waals surface area (Å²) in [6.07, 6.45) is 10.5. The molecule has 1 N–H and O–H groups in total. The second kappa shape index (κ2) is 11.4. The Morgan fingerprint density at radius 2 is 1.71 bits per heavy atom. The van der Waals surface area contributed by atoms with Gasteiger partial charge in [-0.05, 0) is 45.7 Å². The normalized spacial score (nSPS) is 20.6. The summed E-state index contributed by atoms with van der Waals surface area (Å²) in [6.45, 7) is 5.82. The zero-order valence-electron chi connectivity index (χ0n) is 15.3. The van der Waals surface area contributed by atoms with Gasteiger partial charge >= 0.3 is 0 Å². The molecule has 0 atom stereocenters. The lowest BCUT2D eigenvalue weighted by atomic mass is 9.78. The Balaban J connectivity index is 0.000000891. The molecular weight excluding hydrogens is 308 g/mol. The van der Waals surface area contributed by atoms with Gasteiger partial charge in [0.2, 0.25) is 5.91 Å².